The number of amides is 1. The average molecular weight is 422 g/mol. The Morgan fingerprint density at radius 2 is 1.87 bits per heavy atom. The van der Waals surface area contributed by atoms with Gasteiger partial charge in [-0.15, -0.1) is 11.3 Å². The molecule has 0 unspecified atom stereocenters. The number of rotatable bonds is 9. The van der Waals surface area contributed by atoms with E-state index in [0.29, 0.717) is 31.2 Å². The van der Waals surface area contributed by atoms with E-state index in [2.05, 4.69) is 18.2 Å². The van der Waals surface area contributed by atoms with Crippen LogP contribution in [0.5, 0.6) is 11.5 Å². The lowest BCUT2D eigenvalue weighted by Gasteiger charge is -2.27. The Bertz CT molecular complexity index is 981. The Morgan fingerprint density at radius 1 is 1.07 bits per heavy atom. The van der Waals surface area contributed by atoms with E-state index in [1.807, 2.05) is 59.7 Å². The van der Waals surface area contributed by atoms with Crippen molar-refractivity contribution in [1.82, 2.24) is 4.90 Å². The number of benzene rings is 2. The second-order valence-electron chi connectivity index (χ2n) is 7.62. The SMILES string of the molecule is CCN(Cc1ccc(OCc2cccs2)c(OC)c1)C(=O)C1(c2ccccc2)CC1. The van der Waals surface area contributed by atoms with Gasteiger partial charge in [-0.1, -0.05) is 42.5 Å². The molecule has 3 aromatic rings. The van der Waals surface area contributed by atoms with Crippen molar-refractivity contribution >= 4 is 17.2 Å². The lowest BCUT2D eigenvalue weighted by molar-refractivity contribution is -0.134. The van der Waals surface area contributed by atoms with E-state index >= 15 is 0 Å². The van der Waals surface area contributed by atoms with Crippen molar-refractivity contribution in [2.24, 2.45) is 0 Å². The van der Waals surface area contributed by atoms with Gasteiger partial charge in [0.15, 0.2) is 11.5 Å². The second kappa shape index (κ2) is 8.92. The number of methoxy groups -OCH3 is 1. The highest BCUT2D eigenvalue weighted by Gasteiger charge is 2.52. The topological polar surface area (TPSA) is 38.8 Å². The van der Waals surface area contributed by atoms with Crippen LogP contribution in [-0.4, -0.2) is 24.5 Å². The number of hydrogen-bond acceptors (Lipinski definition) is 4. The number of nitrogens with zero attached hydrogens (tertiary/aromatic N) is 1. The zero-order valence-corrected chi connectivity index (χ0v) is 18.3. The molecule has 4 nitrogen and oxygen atoms in total. The van der Waals surface area contributed by atoms with Crippen molar-refractivity contribution in [3.8, 4) is 11.5 Å². The molecule has 1 amide bonds. The molecule has 156 valence electrons. The molecule has 1 aliphatic rings. The zero-order chi connectivity index (χ0) is 21.0. The van der Waals surface area contributed by atoms with Crippen molar-refractivity contribution in [2.45, 2.75) is 38.3 Å². The maximum absolute atomic E-state index is 13.4. The minimum absolute atomic E-state index is 0.216. The summed E-state index contributed by atoms with van der Waals surface area (Å²) in [6.07, 6.45) is 1.84. The molecule has 1 saturated carbocycles. The standard InChI is InChI=1S/C25H27NO3S/c1-3-26(24(27)25(13-14-25)20-8-5-4-6-9-20)17-19-11-12-22(23(16-19)28-2)29-18-21-10-7-15-30-21/h4-12,15-16H,3,13-14,17-18H2,1-2H3. The first-order valence-electron chi connectivity index (χ1n) is 10.3. The monoisotopic (exact) mass is 421 g/mol. The Morgan fingerprint density at radius 3 is 2.50 bits per heavy atom. The molecule has 0 radical (unpaired) electrons. The van der Waals surface area contributed by atoms with E-state index in [-0.39, 0.29) is 11.3 Å². The Balaban J connectivity index is 1.47. The molecule has 0 aliphatic heterocycles. The van der Waals surface area contributed by atoms with E-state index in [1.54, 1.807) is 18.4 Å². The Hall–Kier alpha value is -2.79. The molecule has 4 rings (SSSR count). The van der Waals surface area contributed by atoms with Gasteiger partial charge in [-0.05, 0) is 54.5 Å². The van der Waals surface area contributed by atoms with Gasteiger partial charge in [0, 0.05) is 18.0 Å². The van der Waals surface area contributed by atoms with Crippen LogP contribution in [0.1, 0.15) is 35.8 Å². The van der Waals surface area contributed by atoms with Gasteiger partial charge in [-0.3, -0.25) is 4.79 Å². The smallest absolute Gasteiger partial charge is 0.233 e. The lowest BCUT2D eigenvalue weighted by Crippen LogP contribution is -2.38. The van der Waals surface area contributed by atoms with Crippen LogP contribution in [-0.2, 0) is 23.4 Å². The summed E-state index contributed by atoms with van der Waals surface area (Å²) in [6, 6.07) is 20.2. The molecule has 0 spiro atoms. The third-order valence-electron chi connectivity index (χ3n) is 5.71. The highest BCUT2D eigenvalue weighted by molar-refractivity contribution is 7.09. The van der Waals surface area contributed by atoms with Crippen molar-refractivity contribution in [1.29, 1.82) is 0 Å². The molecular weight excluding hydrogens is 394 g/mol. The Labute approximate surface area is 182 Å². The molecule has 0 saturated heterocycles. The summed E-state index contributed by atoms with van der Waals surface area (Å²) in [5.74, 6) is 1.62. The first-order chi connectivity index (χ1) is 14.7. The van der Waals surface area contributed by atoms with Crippen LogP contribution in [0, 0.1) is 0 Å². The normalized spacial score (nSPS) is 14.2. The van der Waals surface area contributed by atoms with Gasteiger partial charge >= 0.3 is 0 Å². The summed E-state index contributed by atoms with van der Waals surface area (Å²) in [5.41, 5.74) is 1.82. The van der Waals surface area contributed by atoms with Crippen molar-refractivity contribution in [3.05, 3.63) is 82.0 Å². The minimum atomic E-state index is -0.342. The fourth-order valence-electron chi connectivity index (χ4n) is 3.83. The molecule has 1 heterocycles. The first-order valence-corrected chi connectivity index (χ1v) is 11.2. The second-order valence-corrected chi connectivity index (χ2v) is 8.65. The van der Waals surface area contributed by atoms with Gasteiger partial charge < -0.3 is 14.4 Å². The van der Waals surface area contributed by atoms with Gasteiger partial charge in [0.2, 0.25) is 5.91 Å². The maximum Gasteiger partial charge on any atom is 0.233 e. The van der Waals surface area contributed by atoms with E-state index < -0.39 is 0 Å². The Kier molecular flexibility index (Phi) is 6.09. The van der Waals surface area contributed by atoms with Gasteiger partial charge in [-0.2, -0.15) is 0 Å². The third kappa shape index (κ3) is 4.21. The van der Waals surface area contributed by atoms with Gasteiger partial charge in [0.05, 0.1) is 12.5 Å². The quantitative estimate of drug-likeness (QED) is 0.463. The van der Waals surface area contributed by atoms with Gasteiger partial charge in [0.1, 0.15) is 6.61 Å². The maximum atomic E-state index is 13.4. The molecule has 5 heteroatoms. The van der Waals surface area contributed by atoms with Crippen LogP contribution in [0.15, 0.2) is 66.0 Å². The van der Waals surface area contributed by atoms with Crippen molar-refractivity contribution in [3.63, 3.8) is 0 Å². The fraction of sp³-hybridized carbons (Fsp3) is 0.320. The highest BCUT2D eigenvalue weighted by Crippen LogP contribution is 2.49. The predicted octanol–water partition coefficient (Wildman–Crippen LogP) is 5.42. The number of hydrogen-bond donors (Lipinski definition) is 0. The predicted molar refractivity (Wildman–Crippen MR) is 120 cm³/mol. The molecule has 0 N–H and O–H groups in total. The van der Waals surface area contributed by atoms with E-state index in [9.17, 15) is 4.79 Å². The molecule has 0 atom stereocenters. The molecule has 1 aliphatic carbocycles. The van der Waals surface area contributed by atoms with E-state index in [1.165, 1.54) is 4.88 Å². The van der Waals surface area contributed by atoms with Crippen LogP contribution in [0.3, 0.4) is 0 Å². The minimum Gasteiger partial charge on any atom is -0.493 e. The number of likely N-dealkylation sites (N-methyl/N-ethyl adjacent to an activating group) is 1. The summed E-state index contributed by atoms with van der Waals surface area (Å²) in [4.78, 5) is 16.5. The molecule has 1 fully saturated rings. The molecule has 2 aromatic carbocycles. The molecule has 0 bridgehead atoms. The van der Waals surface area contributed by atoms with Gasteiger partial charge in [-0.25, -0.2) is 0 Å². The van der Waals surface area contributed by atoms with Crippen molar-refractivity contribution < 1.29 is 14.3 Å². The number of ether oxygens (including phenoxy) is 2. The van der Waals surface area contributed by atoms with E-state index in [4.69, 9.17) is 9.47 Å². The summed E-state index contributed by atoms with van der Waals surface area (Å²) in [6.45, 7) is 3.79. The van der Waals surface area contributed by atoms with E-state index in [0.717, 1.165) is 24.0 Å². The third-order valence-corrected chi connectivity index (χ3v) is 6.56. The van der Waals surface area contributed by atoms with Crippen LogP contribution >= 0.6 is 11.3 Å². The highest BCUT2D eigenvalue weighted by atomic mass is 32.1. The number of carbonyl (C=O) groups is 1. The zero-order valence-electron chi connectivity index (χ0n) is 17.5. The van der Waals surface area contributed by atoms with Crippen LogP contribution < -0.4 is 9.47 Å². The summed E-state index contributed by atoms with van der Waals surface area (Å²) in [5, 5.41) is 2.04. The summed E-state index contributed by atoms with van der Waals surface area (Å²) >= 11 is 1.67. The first kappa shape index (κ1) is 20.5. The van der Waals surface area contributed by atoms with Gasteiger partial charge in [0.25, 0.3) is 0 Å². The largest absolute Gasteiger partial charge is 0.493 e. The van der Waals surface area contributed by atoms with Crippen LogP contribution in [0.2, 0.25) is 0 Å². The summed E-state index contributed by atoms with van der Waals surface area (Å²) < 4.78 is 11.5. The number of thiophene rings is 1. The fourth-order valence-corrected chi connectivity index (χ4v) is 4.45. The lowest BCUT2D eigenvalue weighted by atomic mass is 9.94. The van der Waals surface area contributed by atoms with Crippen LogP contribution in [0.4, 0.5) is 0 Å². The van der Waals surface area contributed by atoms with Crippen LogP contribution in [0.25, 0.3) is 0 Å². The molecule has 30 heavy (non-hydrogen) atoms. The van der Waals surface area contributed by atoms with Crippen molar-refractivity contribution in [2.75, 3.05) is 13.7 Å². The average Bonchev–Trinajstić information content (AvgIpc) is 3.44. The molecule has 1 aromatic heterocycles. The molecular formula is C25H27NO3S. The number of carbonyl (C=O) groups excluding carboxylic acids is 1. The summed E-state index contributed by atoms with van der Waals surface area (Å²) in [7, 11) is 1.65.